The number of carbonyl (C=O) groups is 4. The van der Waals surface area contributed by atoms with Crippen molar-refractivity contribution in [3.05, 3.63) is 35.9 Å². The molecule has 0 spiro atoms. The molecule has 1 aliphatic heterocycles. The van der Waals surface area contributed by atoms with E-state index >= 15 is 0 Å². The zero-order chi connectivity index (χ0) is 19.3. The fourth-order valence-corrected chi connectivity index (χ4v) is 2.74. The fourth-order valence-electron chi connectivity index (χ4n) is 2.74. The third-order valence-corrected chi connectivity index (χ3v) is 3.98. The zero-order valence-electron chi connectivity index (χ0n) is 15.0. The van der Waals surface area contributed by atoms with E-state index in [4.69, 9.17) is 9.47 Å². The van der Waals surface area contributed by atoms with E-state index < -0.39 is 42.6 Å². The summed E-state index contributed by atoms with van der Waals surface area (Å²) >= 11 is 0. The number of hydrogen-bond acceptors (Lipinski definition) is 6. The van der Waals surface area contributed by atoms with Crippen LogP contribution in [0.2, 0.25) is 0 Å². The third-order valence-electron chi connectivity index (χ3n) is 3.98. The second-order valence-corrected chi connectivity index (χ2v) is 6.15. The summed E-state index contributed by atoms with van der Waals surface area (Å²) in [5.41, 5.74) is -0.577. The van der Waals surface area contributed by atoms with E-state index in [-0.39, 0.29) is 6.10 Å². The zero-order valence-corrected chi connectivity index (χ0v) is 15.0. The summed E-state index contributed by atoms with van der Waals surface area (Å²) in [6.07, 6.45) is -0.00316. The lowest BCUT2D eigenvalue weighted by Crippen LogP contribution is -2.44. The van der Waals surface area contributed by atoms with Gasteiger partial charge in [-0.1, -0.05) is 37.3 Å². The standard InChI is InChI=1S/C18H22N2O6/c1-4-18(13-8-6-5-7-9-13)16(23)20(17(24)19-18)10-14(21)25-11-15(22)26-12(2)3/h5-9,12H,4,10-11H2,1-3H3,(H,19,24). The molecule has 8 nitrogen and oxygen atoms in total. The van der Waals surface area contributed by atoms with Crippen LogP contribution in [0, 0.1) is 0 Å². The normalized spacial score (nSPS) is 19.5. The molecule has 1 aromatic rings. The van der Waals surface area contributed by atoms with Gasteiger partial charge in [0.2, 0.25) is 0 Å². The Morgan fingerprint density at radius 1 is 1.15 bits per heavy atom. The third kappa shape index (κ3) is 4.01. The van der Waals surface area contributed by atoms with Gasteiger partial charge in [-0.25, -0.2) is 9.59 Å². The highest BCUT2D eigenvalue weighted by atomic mass is 16.6. The number of nitrogens with zero attached hydrogens (tertiary/aromatic N) is 1. The number of ether oxygens (including phenoxy) is 2. The molecule has 0 aliphatic carbocycles. The van der Waals surface area contributed by atoms with Crippen molar-refractivity contribution in [1.82, 2.24) is 10.2 Å². The predicted molar refractivity (Wildman–Crippen MR) is 90.8 cm³/mol. The van der Waals surface area contributed by atoms with Gasteiger partial charge in [0.1, 0.15) is 12.1 Å². The predicted octanol–water partition coefficient (Wildman–Crippen LogP) is 1.34. The van der Waals surface area contributed by atoms with Crippen LogP contribution in [-0.4, -0.2) is 48.0 Å². The van der Waals surface area contributed by atoms with E-state index in [9.17, 15) is 19.2 Å². The molecule has 1 aliphatic rings. The van der Waals surface area contributed by atoms with Gasteiger partial charge in [0.25, 0.3) is 5.91 Å². The summed E-state index contributed by atoms with van der Waals surface area (Å²) in [6.45, 7) is 3.96. The average Bonchev–Trinajstić information content (AvgIpc) is 2.85. The largest absolute Gasteiger partial charge is 0.460 e. The number of hydrogen-bond donors (Lipinski definition) is 1. The summed E-state index contributed by atoms with van der Waals surface area (Å²) in [5, 5.41) is 2.67. The molecular weight excluding hydrogens is 340 g/mol. The van der Waals surface area contributed by atoms with Crippen LogP contribution in [0.5, 0.6) is 0 Å². The number of nitrogens with one attached hydrogen (secondary N) is 1. The first-order valence-electron chi connectivity index (χ1n) is 8.35. The quantitative estimate of drug-likeness (QED) is 0.580. The lowest BCUT2D eigenvalue weighted by atomic mass is 9.87. The highest BCUT2D eigenvalue weighted by molar-refractivity contribution is 6.09. The molecule has 3 amide bonds. The molecule has 0 saturated carbocycles. The van der Waals surface area contributed by atoms with Crippen molar-refractivity contribution in [2.45, 2.75) is 38.8 Å². The molecule has 2 rings (SSSR count). The van der Waals surface area contributed by atoms with Gasteiger partial charge in [-0.3, -0.25) is 14.5 Å². The Hall–Kier alpha value is -2.90. The summed E-state index contributed by atoms with van der Waals surface area (Å²) in [4.78, 5) is 49.2. The van der Waals surface area contributed by atoms with Gasteiger partial charge in [-0.15, -0.1) is 0 Å². The van der Waals surface area contributed by atoms with E-state index in [1.54, 1.807) is 51.1 Å². The minimum atomic E-state index is -1.21. The summed E-state index contributed by atoms with van der Waals surface area (Å²) < 4.78 is 9.63. The van der Waals surface area contributed by atoms with Gasteiger partial charge >= 0.3 is 18.0 Å². The molecule has 1 aromatic carbocycles. The summed E-state index contributed by atoms with van der Waals surface area (Å²) in [5.74, 6) is -2.09. The average molecular weight is 362 g/mol. The molecule has 0 radical (unpaired) electrons. The molecular formula is C18H22N2O6. The molecule has 140 valence electrons. The number of benzene rings is 1. The van der Waals surface area contributed by atoms with Crippen LogP contribution in [0.3, 0.4) is 0 Å². The van der Waals surface area contributed by atoms with Crippen molar-refractivity contribution in [3.8, 4) is 0 Å². The second-order valence-electron chi connectivity index (χ2n) is 6.15. The van der Waals surface area contributed by atoms with Crippen molar-refractivity contribution in [1.29, 1.82) is 0 Å². The minimum Gasteiger partial charge on any atom is -0.460 e. The molecule has 1 heterocycles. The smallest absolute Gasteiger partial charge is 0.344 e. The maximum atomic E-state index is 12.8. The Bertz CT molecular complexity index is 703. The van der Waals surface area contributed by atoms with Gasteiger partial charge in [0.15, 0.2) is 6.61 Å². The van der Waals surface area contributed by atoms with E-state index in [2.05, 4.69) is 5.32 Å². The first kappa shape index (κ1) is 19.4. The maximum absolute atomic E-state index is 12.8. The van der Waals surface area contributed by atoms with Crippen LogP contribution in [0.15, 0.2) is 30.3 Å². The fraction of sp³-hybridized carbons (Fsp3) is 0.444. The lowest BCUT2D eigenvalue weighted by Gasteiger charge is -2.25. The number of imide groups is 1. The van der Waals surface area contributed by atoms with Gasteiger partial charge < -0.3 is 14.8 Å². The van der Waals surface area contributed by atoms with Crippen molar-refractivity contribution < 1.29 is 28.7 Å². The molecule has 26 heavy (non-hydrogen) atoms. The molecule has 1 unspecified atom stereocenters. The van der Waals surface area contributed by atoms with Gasteiger partial charge in [0, 0.05) is 0 Å². The number of carbonyl (C=O) groups excluding carboxylic acids is 4. The van der Waals surface area contributed by atoms with Gasteiger partial charge in [-0.05, 0) is 25.8 Å². The van der Waals surface area contributed by atoms with Crippen molar-refractivity contribution in [3.63, 3.8) is 0 Å². The van der Waals surface area contributed by atoms with Crippen LogP contribution >= 0.6 is 0 Å². The number of amides is 3. The van der Waals surface area contributed by atoms with Crippen LogP contribution < -0.4 is 5.32 Å². The van der Waals surface area contributed by atoms with Crippen molar-refractivity contribution in [2.24, 2.45) is 0 Å². The van der Waals surface area contributed by atoms with E-state index in [0.29, 0.717) is 12.0 Å². The SMILES string of the molecule is CCC1(c2ccccc2)NC(=O)N(CC(=O)OCC(=O)OC(C)C)C1=O. The Morgan fingerprint density at radius 3 is 2.38 bits per heavy atom. The highest BCUT2D eigenvalue weighted by Gasteiger charge is 2.51. The van der Waals surface area contributed by atoms with Gasteiger partial charge in [0.05, 0.1) is 6.10 Å². The van der Waals surface area contributed by atoms with Gasteiger partial charge in [-0.2, -0.15) is 0 Å². The topological polar surface area (TPSA) is 102 Å². The molecule has 0 bridgehead atoms. The van der Waals surface area contributed by atoms with Crippen LogP contribution in [-0.2, 0) is 29.4 Å². The Labute approximate surface area is 151 Å². The van der Waals surface area contributed by atoms with Crippen molar-refractivity contribution >= 4 is 23.9 Å². The Kier molecular flexibility index (Phi) is 5.97. The van der Waals surface area contributed by atoms with E-state index in [0.717, 1.165) is 4.90 Å². The number of esters is 2. The maximum Gasteiger partial charge on any atom is 0.344 e. The van der Waals surface area contributed by atoms with Crippen LogP contribution in [0.25, 0.3) is 0 Å². The molecule has 1 fully saturated rings. The molecule has 8 heteroatoms. The summed E-state index contributed by atoms with van der Waals surface area (Å²) in [7, 11) is 0. The number of rotatable bonds is 7. The van der Waals surface area contributed by atoms with E-state index in [1.165, 1.54) is 0 Å². The molecule has 0 aromatic heterocycles. The lowest BCUT2D eigenvalue weighted by molar-refractivity contribution is -0.161. The second kappa shape index (κ2) is 7.99. The molecule has 1 saturated heterocycles. The van der Waals surface area contributed by atoms with E-state index in [1.807, 2.05) is 0 Å². The van der Waals surface area contributed by atoms with Crippen molar-refractivity contribution in [2.75, 3.05) is 13.2 Å². The molecule has 1 N–H and O–H groups in total. The number of urea groups is 1. The van der Waals surface area contributed by atoms with Crippen LogP contribution in [0.4, 0.5) is 4.79 Å². The first-order chi connectivity index (χ1) is 12.3. The minimum absolute atomic E-state index is 0.327. The van der Waals surface area contributed by atoms with Crippen LogP contribution in [0.1, 0.15) is 32.8 Å². The Morgan fingerprint density at radius 2 is 1.81 bits per heavy atom. The monoisotopic (exact) mass is 362 g/mol. The first-order valence-corrected chi connectivity index (χ1v) is 8.35. The molecule has 1 atom stereocenters. The Balaban J connectivity index is 2.04. The summed E-state index contributed by atoms with van der Waals surface area (Å²) in [6, 6.07) is 8.14. The highest BCUT2D eigenvalue weighted by Crippen LogP contribution is 2.32.